The summed E-state index contributed by atoms with van der Waals surface area (Å²) in [5, 5.41) is 5.62. The lowest BCUT2D eigenvalue weighted by Gasteiger charge is -2.46. The average Bonchev–Trinajstić information content (AvgIpc) is 3.76. The van der Waals surface area contributed by atoms with Gasteiger partial charge in [-0.15, -0.1) is 0 Å². The summed E-state index contributed by atoms with van der Waals surface area (Å²) in [7, 11) is 0. The largest absolute Gasteiger partial charge is 0.334 e. The Balaban J connectivity index is 1.36. The van der Waals surface area contributed by atoms with Crippen molar-refractivity contribution in [3.8, 4) is 0 Å². The summed E-state index contributed by atoms with van der Waals surface area (Å²) in [6, 6.07) is 47.7. The molecule has 0 amide bonds. The highest BCUT2D eigenvalue weighted by molar-refractivity contribution is 6.95. The smallest absolute Gasteiger partial charge is 0.247 e. The van der Waals surface area contributed by atoms with Gasteiger partial charge in [0.15, 0.2) is 0 Å². The van der Waals surface area contributed by atoms with Crippen LogP contribution >= 0.6 is 0 Å². The number of rotatable bonds is 3. The van der Waals surface area contributed by atoms with Crippen molar-refractivity contribution in [2.45, 2.75) is 130 Å². The van der Waals surface area contributed by atoms with E-state index in [0.29, 0.717) is 0 Å². The number of allylic oxidation sites excluding steroid dienone is 4. The van der Waals surface area contributed by atoms with Crippen LogP contribution in [-0.2, 0) is 27.1 Å². The Morgan fingerprint density at radius 3 is 1.46 bits per heavy atom. The van der Waals surface area contributed by atoms with Gasteiger partial charge < -0.3 is 9.13 Å². The van der Waals surface area contributed by atoms with Crippen LogP contribution < -0.4 is 10.9 Å². The molecule has 316 valence electrons. The van der Waals surface area contributed by atoms with Gasteiger partial charge in [0, 0.05) is 49.2 Å². The van der Waals surface area contributed by atoms with Gasteiger partial charge >= 0.3 is 0 Å². The predicted octanol–water partition coefficient (Wildman–Crippen LogP) is 14.4. The van der Waals surface area contributed by atoms with E-state index >= 15 is 0 Å². The molecule has 0 saturated carbocycles. The summed E-state index contributed by atoms with van der Waals surface area (Å²) in [4.78, 5) is 0. The van der Waals surface area contributed by atoms with Crippen LogP contribution in [0.4, 0.5) is 0 Å². The second-order valence-electron chi connectivity index (χ2n) is 23.5. The van der Waals surface area contributed by atoms with Crippen molar-refractivity contribution >= 4 is 66.9 Å². The minimum atomic E-state index is -0.431. The van der Waals surface area contributed by atoms with Crippen molar-refractivity contribution in [3.05, 3.63) is 172 Å². The first-order valence-electron chi connectivity index (χ1n) is 23.5. The third-order valence-electron chi connectivity index (χ3n) is 15.4. The van der Waals surface area contributed by atoms with E-state index in [1.165, 1.54) is 105 Å². The molecule has 63 heavy (non-hydrogen) atoms. The maximum Gasteiger partial charge on any atom is 0.247 e. The lowest BCUT2D eigenvalue weighted by atomic mass is 9.31. The van der Waals surface area contributed by atoms with Gasteiger partial charge in [0.05, 0.1) is 11.6 Å². The number of aromatic nitrogens is 2. The molecule has 11 rings (SSSR count). The Bertz CT molecular complexity index is 3240. The molecule has 0 N–H and O–H groups in total. The van der Waals surface area contributed by atoms with Gasteiger partial charge in [0.1, 0.15) is 0 Å². The number of benzene rings is 6. The molecule has 0 saturated heterocycles. The Morgan fingerprint density at radius 2 is 0.952 bits per heavy atom. The molecule has 2 aromatic heterocycles. The standard InChI is InChI=1S/C60H63BN2/c1-56(2,3)38-24-31-47-40(34-38)50-42(58(7,8)9)26-29-45-54(50)62(47)49-33-28-44(60(13,36-20-16-14-17-21-36)37-22-18-15-19-23-37)53-52(49)61(45)46-30-27-43(59(10,11)12)51-41-35-39(57(4,5)6)25-32-48(41)63(53)55(46)51/h14-32,34-35,49H,33H2,1-13H3. The summed E-state index contributed by atoms with van der Waals surface area (Å²) in [5.74, 6) is 0. The molecule has 0 spiro atoms. The number of fused-ring (bicyclic) bond motifs is 10. The zero-order valence-electron chi connectivity index (χ0n) is 39.9. The monoisotopic (exact) mass is 823 g/mol. The molecular formula is C60H63BN2. The maximum atomic E-state index is 2.80. The second kappa shape index (κ2) is 13.0. The molecule has 0 bridgehead atoms. The van der Waals surface area contributed by atoms with Gasteiger partial charge in [-0.25, -0.2) is 0 Å². The minimum Gasteiger partial charge on any atom is -0.334 e. The number of hydrogen-bond acceptors (Lipinski definition) is 0. The van der Waals surface area contributed by atoms with Crippen LogP contribution in [0.3, 0.4) is 0 Å². The molecule has 0 radical (unpaired) electrons. The molecule has 3 heteroatoms. The predicted molar refractivity (Wildman–Crippen MR) is 273 cm³/mol. The first-order chi connectivity index (χ1) is 29.7. The van der Waals surface area contributed by atoms with Crippen molar-refractivity contribution < 1.29 is 0 Å². The maximum absolute atomic E-state index is 2.80. The lowest BCUT2D eigenvalue weighted by molar-refractivity contribution is 0.590. The molecule has 6 aromatic carbocycles. The summed E-state index contributed by atoms with van der Waals surface area (Å²) in [5.41, 5.74) is 20.4. The van der Waals surface area contributed by atoms with Crippen molar-refractivity contribution in [1.82, 2.24) is 9.13 Å². The van der Waals surface area contributed by atoms with Gasteiger partial charge in [0.2, 0.25) is 6.71 Å². The van der Waals surface area contributed by atoms with Crippen LogP contribution in [0.2, 0.25) is 0 Å². The Labute approximate surface area is 375 Å². The molecule has 1 aliphatic carbocycles. The van der Waals surface area contributed by atoms with Crippen molar-refractivity contribution in [3.63, 3.8) is 0 Å². The fraction of sp³-hybridized carbons (Fsp3) is 0.333. The normalized spacial score (nSPS) is 16.7. The fourth-order valence-electron chi connectivity index (χ4n) is 12.1. The van der Waals surface area contributed by atoms with Gasteiger partial charge in [0.25, 0.3) is 0 Å². The molecule has 8 aromatic rings. The van der Waals surface area contributed by atoms with E-state index in [1.54, 1.807) is 0 Å². The molecular weight excluding hydrogens is 759 g/mol. The second-order valence-corrected chi connectivity index (χ2v) is 23.5. The number of nitrogens with zero attached hydrogens (tertiary/aromatic N) is 2. The molecule has 4 heterocycles. The zero-order valence-corrected chi connectivity index (χ0v) is 39.9. The van der Waals surface area contributed by atoms with E-state index in [-0.39, 0.29) is 34.4 Å². The van der Waals surface area contributed by atoms with Crippen LogP contribution in [-0.4, -0.2) is 15.8 Å². The molecule has 1 atom stereocenters. The summed E-state index contributed by atoms with van der Waals surface area (Å²) in [6.07, 6.45) is 3.59. The van der Waals surface area contributed by atoms with E-state index in [2.05, 4.69) is 227 Å². The van der Waals surface area contributed by atoms with E-state index in [0.717, 1.165) is 6.42 Å². The first-order valence-corrected chi connectivity index (χ1v) is 23.5. The van der Waals surface area contributed by atoms with Crippen LogP contribution in [0, 0.1) is 0 Å². The minimum absolute atomic E-state index is 0.0101. The van der Waals surface area contributed by atoms with Crippen molar-refractivity contribution in [1.29, 1.82) is 0 Å². The highest BCUT2D eigenvalue weighted by Crippen LogP contribution is 2.56. The molecule has 3 aliphatic rings. The van der Waals surface area contributed by atoms with Gasteiger partial charge in [-0.1, -0.05) is 186 Å². The molecule has 0 fully saturated rings. The summed E-state index contributed by atoms with van der Waals surface area (Å²) < 4.78 is 5.57. The van der Waals surface area contributed by atoms with E-state index in [4.69, 9.17) is 0 Å². The van der Waals surface area contributed by atoms with E-state index in [9.17, 15) is 0 Å². The highest BCUT2D eigenvalue weighted by atomic mass is 15.1. The van der Waals surface area contributed by atoms with Crippen LogP contribution in [0.15, 0.2) is 138 Å². The van der Waals surface area contributed by atoms with Gasteiger partial charge in [-0.05, 0) is 115 Å². The van der Waals surface area contributed by atoms with Crippen molar-refractivity contribution in [2.24, 2.45) is 0 Å². The van der Waals surface area contributed by atoms with E-state index in [1.807, 2.05) is 0 Å². The summed E-state index contributed by atoms with van der Waals surface area (Å²) >= 11 is 0. The van der Waals surface area contributed by atoms with Crippen LogP contribution in [0.1, 0.15) is 136 Å². The molecule has 1 unspecified atom stereocenters. The zero-order chi connectivity index (χ0) is 44.3. The fourth-order valence-corrected chi connectivity index (χ4v) is 12.1. The van der Waals surface area contributed by atoms with Crippen LogP contribution in [0.25, 0.3) is 49.3 Å². The SMILES string of the molecule is CC(C)(C)c1ccc2c(c1)c1c(C(C)(C)C)ccc3c1n2C1=C2B3c3ccc(C(C)(C)C)c4c5cc(C(C)(C)C)ccc5n(c34)C2CC=C1C(C)(c1ccccc1)c1ccccc1. The highest BCUT2D eigenvalue weighted by Gasteiger charge is 2.50. The summed E-state index contributed by atoms with van der Waals surface area (Å²) in [6.45, 7) is 31.1. The topological polar surface area (TPSA) is 9.86 Å². The Morgan fingerprint density at radius 1 is 0.476 bits per heavy atom. The molecule has 2 aliphatic heterocycles. The van der Waals surface area contributed by atoms with Crippen molar-refractivity contribution in [2.75, 3.05) is 0 Å². The third-order valence-corrected chi connectivity index (χ3v) is 15.4. The van der Waals surface area contributed by atoms with Gasteiger partial charge in [-0.3, -0.25) is 0 Å². The Hall–Kier alpha value is -5.54. The third kappa shape index (κ3) is 5.57. The van der Waals surface area contributed by atoms with Gasteiger partial charge in [-0.2, -0.15) is 0 Å². The quantitative estimate of drug-likeness (QED) is 0.157. The first kappa shape index (κ1) is 40.3. The lowest BCUT2D eigenvalue weighted by Crippen LogP contribution is -2.54. The molecule has 2 nitrogen and oxygen atoms in total. The van der Waals surface area contributed by atoms with Crippen LogP contribution in [0.5, 0.6) is 0 Å². The Kier molecular flexibility index (Phi) is 8.32. The van der Waals surface area contributed by atoms with E-state index < -0.39 is 5.41 Å². The average molecular weight is 823 g/mol. The number of hydrogen-bond donors (Lipinski definition) is 0.